The molecule has 0 bridgehead atoms. The number of nitrogens with zero attached hydrogens (tertiary/aromatic N) is 3. The van der Waals surface area contributed by atoms with Gasteiger partial charge in [0, 0.05) is 17.8 Å². The number of hydrogen-bond donors (Lipinski definition) is 1. The van der Waals surface area contributed by atoms with Gasteiger partial charge >= 0.3 is 0 Å². The first-order valence-corrected chi connectivity index (χ1v) is 12.1. The van der Waals surface area contributed by atoms with E-state index in [9.17, 15) is 18.0 Å². The summed E-state index contributed by atoms with van der Waals surface area (Å²) in [5, 5.41) is 2.73. The molecule has 0 aliphatic carbocycles. The molecular weight excluding hydrogens is 428 g/mol. The molecule has 0 radical (unpaired) electrons. The lowest BCUT2D eigenvalue weighted by Crippen LogP contribution is -2.47. The van der Waals surface area contributed by atoms with E-state index in [-0.39, 0.29) is 29.1 Å². The van der Waals surface area contributed by atoms with Gasteiger partial charge in [-0.05, 0) is 63.1 Å². The van der Waals surface area contributed by atoms with E-state index in [2.05, 4.69) is 10.3 Å². The molecule has 2 aromatic carbocycles. The Hall–Kier alpha value is -3.04. The fourth-order valence-corrected chi connectivity index (χ4v) is 6.21. The quantitative estimate of drug-likeness (QED) is 0.639. The predicted octanol–water partition coefficient (Wildman–Crippen LogP) is 2.99. The van der Waals surface area contributed by atoms with E-state index in [1.54, 1.807) is 34.6 Å². The first-order valence-electron chi connectivity index (χ1n) is 10.7. The topological polar surface area (TPSA) is 101 Å². The van der Waals surface area contributed by atoms with E-state index in [1.807, 2.05) is 19.9 Å². The highest BCUT2D eigenvalue weighted by Crippen LogP contribution is 2.30. The minimum absolute atomic E-state index is 0.0448. The van der Waals surface area contributed by atoms with Gasteiger partial charge in [-0.15, -0.1) is 0 Å². The van der Waals surface area contributed by atoms with Crippen LogP contribution >= 0.6 is 0 Å². The molecule has 8 nitrogen and oxygen atoms in total. The van der Waals surface area contributed by atoms with Crippen molar-refractivity contribution in [3.05, 3.63) is 65.1 Å². The summed E-state index contributed by atoms with van der Waals surface area (Å²) in [7, 11) is -3.62. The number of carbonyl (C=O) groups is 1. The lowest BCUT2D eigenvalue weighted by Gasteiger charge is -2.37. The molecular formula is C23H26N4O4S. The van der Waals surface area contributed by atoms with Crippen LogP contribution in [-0.4, -0.2) is 40.3 Å². The maximum Gasteiger partial charge on any atom is 0.269 e. The Morgan fingerprint density at radius 1 is 1.06 bits per heavy atom. The van der Waals surface area contributed by atoms with Crippen molar-refractivity contribution in [3.63, 3.8) is 0 Å². The van der Waals surface area contributed by atoms with Gasteiger partial charge in [0.25, 0.3) is 5.56 Å². The fourth-order valence-electron chi connectivity index (χ4n) is 4.33. The number of piperidine rings is 1. The highest BCUT2D eigenvalue weighted by atomic mass is 32.2. The third-order valence-electron chi connectivity index (χ3n) is 5.88. The normalized spacial score (nSPS) is 19.7. The molecule has 1 amide bonds. The van der Waals surface area contributed by atoms with Gasteiger partial charge in [0.15, 0.2) is 0 Å². The molecule has 2 heterocycles. The summed E-state index contributed by atoms with van der Waals surface area (Å²) < 4.78 is 29.2. The average molecular weight is 455 g/mol. The molecule has 2 atom stereocenters. The molecule has 1 fully saturated rings. The fraction of sp³-hybridized carbons (Fsp3) is 0.348. The smallest absolute Gasteiger partial charge is 0.269 e. The Kier molecular flexibility index (Phi) is 6.12. The van der Waals surface area contributed by atoms with Gasteiger partial charge < -0.3 is 5.32 Å². The van der Waals surface area contributed by atoms with E-state index in [1.165, 1.54) is 22.9 Å². The monoisotopic (exact) mass is 454 g/mol. The molecule has 3 aromatic rings. The molecule has 0 saturated carbocycles. The Morgan fingerprint density at radius 3 is 2.41 bits per heavy atom. The average Bonchev–Trinajstić information content (AvgIpc) is 2.76. The van der Waals surface area contributed by atoms with Crippen LogP contribution in [0.15, 0.2) is 64.4 Å². The Morgan fingerprint density at radius 2 is 1.72 bits per heavy atom. The number of nitrogens with one attached hydrogen (secondary N) is 1. The Bertz CT molecular complexity index is 1290. The summed E-state index contributed by atoms with van der Waals surface area (Å²) in [5.74, 6) is -0.391. The number of carbonyl (C=O) groups excluding carboxylic acids is 1. The lowest BCUT2D eigenvalue weighted by atomic mass is 10.0. The van der Waals surface area contributed by atoms with Gasteiger partial charge in [0.2, 0.25) is 15.9 Å². The standard InChI is InChI=1S/C23H26N4O4S/c1-16-6-5-7-17(2)27(16)32(30,31)19-12-10-18(11-13-19)25-22(28)15-26-21-9-4-3-8-20(21)24-14-23(26)29/h3-4,8-14,16-17H,5-7,15H2,1-2H3,(H,25,28). The summed E-state index contributed by atoms with van der Waals surface area (Å²) in [6.07, 6.45) is 3.91. The summed E-state index contributed by atoms with van der Waals surface area (Å²) >= 11 is 0. The number of aromatic nitrogens is 2. The minimum atomic E-state index is -3.62. The number of amides is 1. The first-order chi connectivity index (χ1) is 15.3. The zero-order valence-corrected chi connectivity index (χ0v) is 18.9. The Balaban J connectivity index is 1.50. The van der Waals surface area contributed by atoms with Crippen LogP contribution in [0.1, 0.15) is 33.1 Å². The zero-order chi connectivity index (χ0) is 22.9. The van der Waals surface area contributed by atoms with Crippen molar-refractivity contribution in [2.24, 2.45) is 0 Å². The maximum atomic E-state index is 13.1. The van der Waals surface area contributed by atoms with Crippen LogP contribution in [0.5, 0.6) is 0 Å². The van der Waals surface area contributed by atoms with Crippen molar-refractivity contribution in [1.82, 2.24) is 13.9 Å². The van der Waals surface area contributed by atoms with E-state index < -0.39 is 15.9 Å². The van der Waals surface area contributed by atoms with Crippen LogP contribution in [0.3, 0.4) is 0 Å². The van der Waals surface area contributed by atoms with Crippen molar-refractivity contribution in [2.45, 2.75) is 56.6 Å². The van der Waals surface area contributed by atoms with Gasteiger partial charge in [-0.25, -0.2) is 13.4 Å². The molecule has 1 saturated heterocycles. The number of para-hydroxylation sites is 2. The molecule has 1 N–H and O–H groups in total. The van der Waals surface area contributed by atoms with Crippen molar-refractivity contribution in [1.29, 1.82) is 0 Å². The van der Waals surface area contributed by atoms with Crippen molar-refractivity contribution in [3.8, 4) is 0 Å². The van der Waals surface area contributed by atoms with E-state index in [0.29, 0.717) is 16.7 Å². The lowest BCUT2D eigenvalue weighted by molar-refractivity contribution is -0.116. The molecule has 168 valence electrons. The number of rotatable bonds is 5. The number of anilines is 1. The minimum Gasteiger partial charge on any atom is -0.325 e. The molecule has 32 heavy (non-hydrogen) atoms. The van der Waals surface area contributed by atoms with Gasteiger partial charge in [0.1, 0.15) is 6.54 Å². The third kappa shape index (κ3) is 4.31. The van der Waals surface area contributed by atoms with Crippen LogP contribution in [-0.2, 0) is 21.4 Å². The molecule has 4 rings (SSSR count). The summed E-state index contributed by atoms with van der Waals surface area (Å²) in [6.45, 7) is 3.70. The predicted molar refractivity (Wildman–Crippen MR) is 123 cm³/mol. The van der Waals surface area contributed by atoms with Gasteiger partial charge in [-0.3, -0.25) is 14.2 Å². The molecule has 2 unspecified atom stereocenters. The summed E-state index contributed by atoms with van der Waals surface area (Å²) in [6, 6.07) is 13.2. The Labute approximate surface area is 186 Å². The molecule has 9 heteroatoms. The molecule has 1 aliphatic rings. The van der Waals surface area contributed by atoms with E-state index in [0.717, 1.165) is 19.3 Å². The van der Waals surface area contributed by atoms with E-state index >= 15 is 0 Å². The highest BCUT2D eigenvalue weighted by molar-refractivity contribution is 7.89. The third-order valence-corrected chi connectivity index (χ3v) is 8.02. The second kappa shape index (κ2) is 8.84. The molecule has 1 aliphatic heterocycles. The number of benzene rings is 2. The second-order valence-corrected chi connectivity index (χ2v) is 10.1. The maximum absolute atomic E-state index is 13.1. The molecule has 0 spiro atoms. The van der Waals surface area contributed by atoms with Crippen LogP contribution in [0.4, 0.5) is 5.69 Å². The molecule has 1 aromatic heterocycles. The van der Waals surface area contributed by atoms with Crippen LogP contribution in [0, 0.1) is 0 Å². The van der Waals surface area contributed by atoms with Gasteiger partial charge in [-0.2, -0.15) is 4.31 Å². The highest BCUT2D eigenvalue weighted by Gasteiger charge is 2.35. The number of hydrogen-bond acceptors (Lipinski definition) is 5. The van der Waals surface area contributed by atoms with Crippen molar-refractivity contribution in [2.75, 3.05) is 5.32 Å². The zero-order valence-electron chi connectivity index (χ0n) is 18.1. The van der Waals surface area contributed by atoms with Crippen LogP contribution < -0.4 is 10.9 Å². The second-order valence-electron chi connectivity index (χ2n) is 8.21. The van der Waals surface area contributed by atoms with Gasteiger partial charge in [-0.1, -0.05) is 18.6 Å². The SMILES string of the molecule is CC1CCCC(C)N1S(=O)(=O)c1ccc(NC(=O)Cn2c(=O)cnc3ccccc32)cc1. The van der Waals surface area contributed by atoms with Gasteiger partial charge in [0.05, 0.1) is 22.1 Å². The van der Waals surface area contributed by atoms with Crippen LogP contribution in [0.2, 0.25) is 0 Å². The van der Waals surface area contributed by atoms with Crippen molar-refractivity contribution < 1.29 is 13.2 Å². The summed E-state index contributed by atoms with van der Waals surface area (Å²) in [5.41, 5.74) is 1.28. The first kappa shape index (κ1) is 22.2. The number of fused-ring (bicyclic) bond motifs is 1. The van der Waals surface area contributed by atoms with E-state index in [4.69, 9.17) is 0 Å². The van der Waals surface area contributed by atoms with Crippen molar-refractivity contribution >= 4 is 32.7 Å². The summed E-state index contributed by atoms with van der Waals surface area (Å²) in [4.78, 5) is 29.1. The largest absolute Gasteiger partial charge is 0.325 e. The number of sulfonamides is 1. The van der Waals surface area contributed by atoms with Crippen LogP contribution in [0.25, 0.3) is 11.0 Å².